The number of hydrogen-bond acceptors (Lipinski definition) is 3. The first-order valence-electron chi connectivity index (χ1n) is 9.52. The monoisotopic (exact) mass is 362 g/mol. The molecular formula is C25H18N2O. The summed E-state index contributed by atoms with van der Waals surface area (Å²) in [5.74, 6) is 0.987. The zero-order valence-electron chi connectivity index (χ0n) is 15.7. The standard InChI is InChI=1S/C25H18N2O/c1-25(2)21-17(23-15-8-3-5-12-19(15)26-14-27-23)10-7-11-18(21)24-22(25)16-9-4-6-13-20(16)28-24/h3-14H,1-2H3. The second-order valence-electron chi connectivity index (χ2n) is 7.89. The zero-order chi connectivity index (χ0) is 18.9. The maximum atomic E-state index is 6.32. The fourth-order valence-electron chi connectivity index (χ4n) is 4.81. The number of para-hydroxylation sites is 2. The highest BCUT2D eigenvalue weighted by molar-refractivity contribution is 6.00. The summed E-state index contributed by atoms with van der Waals surface area (Å²) in [4.78, 5) is 9.13. The lowest BCUT2D eigenvalue weighted by Crippen LogP contribution is -2.16. The van der Waals surface area contributed by atoms with Crippen LogP contribution in [0.4, 0.5) is 0 Å². The lowest BCUT2D eigenvalue weighted by atomic mass is 9.78. The Balaban J connectivity index is 1.71. The van der Waals surface area contributed by atoms with Crippen LogP contribution in [0.5, 0.6) is 0 Å². The maximum absolute atomic E-state index is 6.32. The average molecular weight is 362 g/mol. The summed E-state index contributed by atoms with van der Waals surface area (Å²) in [7, 11) is 0. The van der Waals surface area contributed by atoms with E-state index in [-0.39, 0.29) is 5.41 Å². The summed E-state index contributed by atoms with van der Waals surface area (Å²) >= 11 is 0. The summed E-state index contributed by atoms with van der Waals surface area (Å²) in [5, 5.41) is 2.26. The van der Waals surface area contributed by atoms with Gasteiger partial charge < -0.3 is 4.42 Å². The smallest absolute Gasteiger partial charge is 0.139 e. The Morgan fingerprint density at radius 3 is 2.36 bits per heavy atom. The van der Waals surface area contributed by atoms with Gasteiger partial charge in [-0.25, -0.2) is 9.97 Å². The third-order valence-corrected chi connectivity index (χ3v) is 5.95. The van der Waals surface area contributed by atoms with Gasteiger partial charge in [0.05, 0.1) is 11.2 Å². The lowest BCUT2D eigenvalue weighted by molar-refractivity contribution is 0.619. The third-order valence-electron chi connectivity index (χ3n) is 5.95. The van der Waals surface area contributed by atoms with E-state index < -0.39 is 0 Å². The Morgan fingerprint density at radius 1 is 0.714 bits per heavy atom. The van der Waals surface area contributed by atoms with Gasteiger partial charge in [-0.05, 0) is 17.7 Å². The van der Waals surface area contributed by atoms with Gasteiger partial charge in [0.25, 0.3) is 0 Å². The van der Waals surface area contributed by atoms with Crippen molar-refractivity contribution in [3.63, 3.8) is 0 Å². The number of furan rings is 1. The van der Waals surface area contributed by atoms with Crippen molar-refractivity contribution in [2.75, 3.05) is 0 Å². The molecule has 134 valence electrons. The van der Waals surface area contributed by atoms with E-state index in [9.17, 15) is 0 Å². The Kier molecular flexibility index (Phi) is 2.95. The Morgan fingerprint density at radius 2 is 1.46 bits per heavy atom. The molecule has 0 aliphatic heterocycles. The maximum Gasteiger partial charge on any atom is 0.139 e. The van der Waals surface area contributed by atoms with Gasteiger partial charge in [0.15, 0.2) is 0 Å². The first-order chi connectivity index (χ1) is 13.7. The number of nitrogens with zero attached hydrogens (tertiary/aromatic N) is 2. The van der Waals surface area contributed by atoms with Crippen molar-refractivity contribution in [2.24, 2.45) is 0 Å². The molecule has 0 fully saturated rings. The van der Waals surface area contributed by atoms with E-state index in [1.165, 1.54) is 16.5 Å². The van der Waals surface area contributed by atoms with Gasteiger partial charge in [-0.3, -0.25) is 0 Å². The van der Waals surface area contributed by atoms with Gasteiger partial charge in [-0.15, -0.1) is 0 Å². The minimum absolute atomic E-state index is 0.181. The van der Waals surface area contributed by atoms with Crippen LogP contribution in [0.25, 0.3) is 44.5 Å². The van der Waals surface area contributed by atoms with E-state index in [1.807, 2.05) is 30.3 Å². The average Bonchev–Trinajstić information content (AvgIpc) is 3.22. The largest absolute Gasteiger partial charge is 0.456 e. The predicted octanol–water partition coefficient (Wildman–Crippen LogP) is 6.35. The number of benzene rings is 3. The van der Waals surface area contributed by atoms with Crippen molar-refractivity contribution in [3.05, 3.63) is 84.2 Å². The summed E-state index contributed by atoms with van der Waals surface area (Å²) in [5.41, 5.74) is 7.56. The molecule has 6 rings (SSSR count). The quantitative estimate of drug-likeness (QED) is 0.349. The van der Waals surface area contributed by atoms with E-state index in [4.69, 9.17) is 4.42 Å². The topological polar surface area (TPSA) is 38.9 Å². The molecule has 0 radical (unpaired) electrons. The van der Waals surface area contributed by atoms with Crippen LogP contribution in [0.15, 0.2) is 77.5 Å². The molecule has 0 spiro atoms. The Hall–Kier alpha value is -3.46. The van der Waals surface area contributed by atoms with E-state index in [0.717, 1.165) is 39.1 Å². The van der Waals surface area contributed by atoms with Crippen LogP contribution in [-0.2, 0) is 5.41 Å². The molecule has 0 unspecified atom stereocenters. The number of hydrogen-bond donors (Lipinski definition) is 0. The molecule has 0 saturated heterocycles. The second kappa shape index (κ2) is 5.29. The Labute approximate surface area is 162 Å². The van der Waals surface area contributed by atoms with Gasteiger partial charge >= 0.3 is 0 Å². The molecule has 5 aromatic rings. The molecule has 3 heteroatoms. The van der Waals surface area contributed by atoms with E-state index in [2.05, 4.69) is 60.2 Å². The van der Waals surface area contributed by atoms with Gasteiger partial charge in [0, 0.05) is 32.9 Å². The summed E-state index contributed by atoms with van der Waals surface area (Å²) in [6.07, 6.45) is 1.66. The molecule has 3 aromatic carbocycles. The van der Waals surface area contributed by atoms with Crippen LogP contribution < -0.4 is 0 Å². The summed E-state index contributed by atoms with van der Waals surface area (Å²) in [6, 6.07) is 22.9. The number of aromatic nitrogens is 2. The fraction of sp³-hybridized carbons (Fsp3) is 0.120. The van der Waals surface area contributed by atoms with Crippen LogP contribution >= 0.6 is 0 Å². The first kappa shape index (κ1) is 15.6. The normalized spacial score (nSPS) is 14.4. The molecule has 0 bridgehead atoms. The van der Waals surface area contributed by atoms with Crippen molar-refractivity contribution in [2.45, 2.75) is 19.3 Å². The van der Waals surface area contributed by atoms with Crippen molar-refractivity contribution in [1.82, 2.24) is 9.97 Å². The van der Waals surface area contributed by atoms with E-state index >= 15 is 0 Å². The van der Waals surface area contributed by atoms with Crippen LogP contribution in [-0.4, -0.2) is 9.97 Å². The van der Waals surface area contributed by atoms with Crippen molar-refractivity contribution in [1.29, 1.82) is 0 Å². The van der Waals surface area contributed by atoms with Gasteiger partial charge in [-0.1, -0.05) is 68.4 Å². The predicted molar refractivity (Wildman–Crippen MR) is 112 cm³/mol. The molecule has 3 nitrogen and oxygen atoms in total. The van der Waals surface area contributed by atoms with Crippen molar-refractivity contribution >= 4 is 21.9 Å². The van der Waals surface area contributed by atoms with Crippen LogP contribution in [0.2, 0.25) is 0 Å². The second-order valence-corrected chi connectivity index (χ2v) is 7.89. The van der Waals surface area contributed by atoms with Crippen molar-refractivity contribution < 1.29 is 4.42 Å². The van der Waals surface area contributed by atoms with E-state index in [1.54, 1.807) is 6.33 Å². The molecular weight excluding hydrogens is 344 g/mol. The fourth-order valence-corrected chi connectivity index (χ4v) is 4.81. The minimum Gasteiger partial charge on any atom is -0.456 e. The Bertz CT molecular complexity index is 1390. The molecule has 2 aromatic heterocycles. The number of fused-ring (bicyclic) bond motifs is 6. The van der Waals surface area contributed by atoms with Gasteiger partial charge in [0.2, 0.25) is 0 Å². The zero-order valence-corrected chi connectivity index (χ0v) is 15.7. The highest BCUT2D eigenvalue weighted by Gasteiger charge is 2.42. The molecule has 28 heavy (non-hydrogen) atoms. The molecule has 0 N–H and O–H groups in total. The SMILES string of the molecule is CC1(C)c2c(cccc2-c2ncnc3ccccc23)-c2oc3ccccc3c21. The summed E-state index contributed by atoms with van der Waals surface area (Å²) < 4.78 is 6.32. The molecule has 1 aliphatic rings. The van der Waals surface area contributed by atoms with Gasteiger partial charge in [0.1, 0.15) is 17.7 Å². The molecule has 0 amide bonds. The van der Waals surface area contributed by atoms with Crippen LogP contribution in [0.1, 0.15) is 25.0 Å². The highest BCUT2D eigenvalue weighted by atomic mass is 16.3. The lowest BCUT2D eigenvalue weighted by Gasteiger charge is -2.24. The van der Waals surface area contributed by atoms with Crippen LogP contribution in [0, 0.1) is 0 Å². The first-order valence-corrected chi connectivity index (χ1v) is 9.52. The van der Waals surface area contributed by atoms with Gasteiger partial charge in [-0.2, -0.15) is 0 Å². The number of rotatable bonds is 1. The molecule has 2 heterocycles. The van der Waals surface area contributed by atoms with Crippen molar-refractivity contribution in [3.8, 4) is 22.6 Å². The van der Waals surface area contributed by atoms with E-state index in [0.29, 0.717) is 0 Å². The molecule has 0 atom stereocenters. The summed E-state index contributed by atoms with van der Waals surface area (Å²) in [6.45, 7) is 4.57. The molecule has 0 saturated carbocycles. The van der Waals surface area contributed by atoms with Crippen LogP contribution in [0.3, 0.4) is 0 Å². The third kappa shape index (κ3) is 1.88. The minimum atomic E-state index is -0.181. The molecule has 1 aliphatic carbocycles. The highest BCUT2D eigenvalue weighted by Crippen LogP contribution is 2.55.